The van der Waals surface area contributed by atoms with E-state index in [4.69, 9.17) is 23.7 Å². The Morgan fingerprint density at radius 1 is 0.818 bits per heavy atom. The number of nitrogens with zero attached hydrogens (tertiary/aromatic N) is 4. The highest BCUT2D eigenvalue weighted by Gasteiger charge is 2.26. The molecule has 1 saturated heterocycles. The lowest BCUT2D eigenvalue weighted by Crippen LogP contribution is -2.42. The monoisotopic (exact) mass is 768 g/mol. The van der Waals surface area contributed by atoms with E-state index in [-0.39, 0.29) is 47.0 Å². The first kappa shape index (κ1) is 43.0. The number of carbonyl (C=O) groups is 3. The summed E-state index contributed by atoms with van der Waals surface area (Å²) in [6.45, 7) is 12.9. The number of ether oxygens (including phenoxy) is 5. The maximum atomic E-state index is 13.0. The summed E-state index contributed by atoms with van der Waals surface area (Å²) in [6, 6.07) is 10.1. The zero-order valence-electron chi connectivity index (χ0n) is 32.4. The largest absolute Gasteiger partial charge is 0.508 e. The number of piperidine rings is 1. The molecule has 16 nitrogen and oxygen atoms in total. The molecule has 1 aliphatic rings. The molecule has 3 aromatic rings. The van der Waals surface area contributed by atoms with Gasteiger partial charge in [-0.2, -0.15) is 0 Å². The van der Waals surface area contributed by atoms with E-state index in [0.717, 1.165) is 0 Å². The fourth-order valence-electron chi connectivity index (χ4n) is 5.88. The van der Waals surface area contributed by atoms with Crippen molar-refractivity contribution < 1.29 is 48.3 Å². The Kier molecular flexibility index (Phi) is 17.6. The number of phenols is 2. The van der Waals surface area contributed by atoms with Crippen LogP contribution in [-0.2, 0) is 28.5 Å². The summed E-state index contributed by atoms with van der Waals surface area (Å²) in [5.74, 6) is 0.315. The number of hydrogen-bond donors (Lipinski definition) is 4. The van der Waals surface area contributed by atoms with Gasteiger partial charge in [0.2, 0.25) is 17.6 Å². The molecule has 0 bridgehead atoms. The van der Waals surface area contributed by atoms with Gasteiger partial charge in [-0.25, -0.2) is 0 Å². The van der Waals surface area contributed by atoms with Crippen molar-refractivity contribution in [3.63, 3.8) is 0 Å². The molecule has 0 aliphatic carbocycles. The number of likely N-dealkylation sites (tertiary alicyclic amines) is 1. The van der Waals surface area contributed by atoms with Gasteiger partial charge in [0.1, 0.15) is 23.4 Å². The van der Waals surface area contributed by atoms with Crippen molar-refractivity contribution in [2.45, 2.75) is 65.4 Å². The Morgan fingerprint density at radius 3 is 2.04 bits per heavy atom. The second-order valence-corrected chi connectivity index (χ2v) is 13.2. The van der Waals surface area contributed by atoms with E-state index in [9.17, 15) is 24.6 Å². The predicted molar refractivity (Wildman–Crippen MR) is 204 cm³/mol. The molecule has 2 heterocycles. The number of carbonyl (C=O) groups excluding carboxylic acids is 3. The number of benzene rings is 2. The summed E-state index contributed by atoms with van der Waals surface area (Å²) in [6.07, 6.45) is 2.05. The summed E-state index contributed by atoms with van der Waals surface area (Å²) in [7, 11) is 0. The zero-order chi connectivity index (χ0) is 39.6. The van der Waals surface area contributed by atoms with Gasteiger partial charge >= 0.3 is 0 Å². The van der Waals surface area contributed by atoms with Gasteiger partial charge < -0.3 is 49.4 Å². The molecular weight excluding hydrogens is 712 g/mol. The molecule has 55 heavy (non-hydrogen) atoms. The Labute approximate surface area is 322 Å². The molecule has 302 valence electrons. The third kappa shape index (κ3) is 13.2. The van der Waals surface area contributed by atoms with Crippen LogP contribution in [0.1, 0.15) is 75.5 Å². The first-order valence-corrected chi connectivity index (χ1v) is 19.0. The van der Waals surface area contributed by atoms with Gasteiger partial charge in [-0.15, -0.1) is 10.2 Å². The molecule has 3 amide bonds. The minimum Gasteiger partial charge on any atom is -0.508 e. The van der Waals surface area contributed by atoms with Crippen LogP contribution in [0.2, 0.25) is 0 Å². The van der Waals surface area contributed by atoms with Crippen molar-refractivity contribution in [1.29, 1.82) is 0 Å². The molecule has 0 unspecified atom stereocenters. The first-order chi connectivity index (χ1) is 26.6. The average Bonchev–Trinajstić information content (AvgIpc) is 3.62. The van der Waals surface area contributed by atoms with Gasteiger partial charge in [-0.3, -0.25) is 19.0 Å². The van der Waals surface area contributed by atoms with Gasteiger partial charge in [0, 0.05) is 57.2 Å². The molecule has 4 N–H and O–H groups in total. The van der Waals surface area contributed by atoms with E-state index < -0.39 is 5.91 Å². The van der Waals surface area contributed by atoms with Gasteiger partial charge in [0.15, 0.2) is 5.82 Å². The smallest absolute Gasteiger partial charge is 0.289 e. The van der Waals surface area contributed by atoms with Crippen LogP contribution < -0.4 is 15.4 Å². The molecule has 2 aromatic carbocycles. The SMILES string of the molecule is CCNC(=O)c1nnc(-c2cc(C(C)C)c(O)cc2O)n1-c1ccc(OC2CCN(C(=O)CCOCCOCCOCCOCCNC(=O)CC)CC2)cc1. The van der Waals surface area contributed by atoms with Crippen molar-refractivity contribution in [3.05, 3.63) is 47.8 Å². The van der Waals surface area contributed by atoms with Crippen molar-refractivity contribution >= 4 is 17.7 Å². The quantitative estimate of drug-likeness (QED) is 0.103. The minimum atomic E-state index is -0.422. The van der Waals surface area contributed by atoms with E-state index in [1.807, 2.05) is 18.7 Å². The van der Waals surface area contributed by atoms with Gasteiger partial charge in [-0.05, 0) is 48.7 Å². The highest BCUT2D eigenvalue weighted by atomic mass is 16.6. The molecule has 16 heteroatoms. The molecule has 0 atom stereocenters. The van der Waals surface area contributed by atoms with Crippen molar-refractivity contribution in [2.24, 2.45) is 0 Å². The van der Waals surface area contributed by atoms with Crippen LogP contribution in [0.3, 0.4) is 0 Å². The van der Waals surface area contributed by atoms with E-state index in [1.54, 1.807) is 48.7 Å². The van der Waals surface area contributed by atoms with E-state index in [1.165, 1.54) is 6.07 Å². The standard InChI is InChI=1S/C39H56N6O10/c1-5-35(48)41-14-18-52-20-22-54-24-23-53-21-19-51-17-13-36(49)44-15-11-30(12-16-44)55-29-9-7-28(8-10-29)45-37(42-43-38(45)39(50)40-6-2)32-25-31(27(3)4)33(46)26-34(32)47/h7-10,25-27,30,46-47H,5-6,11-24H2,1-4H3,(H,40,50)(H,41,48). The molecule has 0 spiro atoms. The lowest BCUT2D eigenvalue weighted by atomic mass is 9.98. The fraction of sp³-hybridized carbons (Fsp3) is 0.564. The molecule has 0 saturated carbocycles. The lowest BCUT2D eigenvalue weighted by molar-refractivity contribution is -0.134. The van der Waals surface area contributed by atoms with Crippen molar-refractivity contribution in [3.8, 4) is 34.3 Å². The Bertz CT molecular complexity index is 1660. The predicted octanol–water partition coefficient (Wildman–Crippen LogP) is 3.57. The lowest BCUT2D eigenvalue weighted by Gasteiger charge is -2.32. The van der Waals surface area contributed by atoms with Crippen LogP contribution in [0.5, 0.6) is 17.2 Å². The number of amides is 3. The number of aromatic nitrogens is 3. The molecule has 1 fully saturated rings. The van der Waals surface area contributed by atoms with E-state index in [2.05, 4.69) is 20.8 Å². The van der Waals surface area contributed by atoms with E-state index in [0.29, 0.717) is 127 Å². The second kappa shape index (κ2) is 22.6. The topological polar surface area (TPSA) is 196 Å². The summed E-state index contributed by atoms with van der Waals surface area (Å²) < 4.78 is 29.8. The van der Waals surface area contributed by atoms with Gasteiger partial charge in [0.05, 0.1) is 64.8 Å². The van der Waals surface area contributed by atoms with Crippen LogP contribution >= 0.6 is 0 Å². The zero-order valence-corrected chi connectivity index (χ0v) is 32.4. The number of nitrogens with one attached hydrogen (secondary N) is 2. The van der Waals surface area contributed by atoms with Crippen LogP contribution in [0.15, 0.2) is 36.4 Å². The van der Waals surface area contributed by atoms with Crippen LogP contribution in [-0.4, -0.2) is 133 Å². The number of aromatic hydroxyl groups is 2. The molecule has 1 aliphatic heterocycles. The van der Waals surface area contributed by atoms with Gasteiger partial charge in [-0.1, -0.05) is 20.8 Å². The molecular formula is C39H56N6O10. The third-order valence-electron chi connectivity index (χ3n) is 8.87. The van der Waals surface area contributed by atoms with Gasteiger partial charge in [0.25, 0.3) is 5.91 Å². The normalized spacial score (nSPS) is 13.3. The third-order valence-corrected chi connectivity index (χ3v) is 8.87. The summed E-state index contributed by atoms with van der Waals surface area (Å²) in [5, 5.41) is 35.1. The molecule has 4 rings (SSSR count). The molecule has 1 aromatic heterocycles. The Hall–Kier alpha value is -4.77. The number of rotatable bonds is 23. The highest BCUT2D eigenvalue weighted by Crippen LogP contribution is 2.38. The highest BCUT2D eigenvalue weighted by molar-refractivity contribution is 5.92. The number of phenolic OH excluding ortho intramolecular Hbond substituents is 2. The second-order valence-electron chi connectivity index (χ2n) is 13.2. The Balaban J connectivity index is 1.16. The van der Waals surface area contributed by atoms with Crippen LogP contribution in [0.4, 0.5) is 0 Å². The number of hydrogen-bond acceptors (Lipinski definition) is 12. The van der Waals surface area contributed by atoms with Crippen LogP contribution in [0, 0.1) is 0 Å². The summed E-state index contributed by atoms with van der Waals surface area (Å²) >= 11 is 0. The van der Waals surface area contributed by atoms with Crippen molar-refractivity contribution in [1.82, 2.24) is 30.3 Å². The van der Waals surface area contributed by atoms with Crippen molar-refractivity contribution in [2.75, 3.05) is 79.0 Å². The van der Waals surface area contributed by atoms with Crippen LogP contribution in [0.25, 0.3) is 17.1 Å². The maximum absolute atomic E-state index is 13.0. The van der Waals surface area contributed by atoms with E-state index >= 15 is 0 Å². The maximum Gasteiger partial charge on any atom is 0.289 e. The average molecular weight is 769 g/mol. The Morgan fingerprint density at radius 2 is 1.44 bits per heavy atom. The summed E-state index contributed by atoms with van der Waals surface area (Å²) in [4.78, 5) is 38.7. The molecule has 0 radical (unpaired) electrons. The summed E-state index contributed by atoms with van der Waals surface area (Å²) in [5.41, 5.74) is 1.54. The minimum absolute atomic E-state index is 0.00626. The first-order valence-electron chi connectivity index (χ1n) is 19.0. The fourth-order valence-corrected chi connectivity index (χ4v) is 5.88.